The molecule has 1 fully saturated rings. The van der Waals surface area contributed by atoms with Crippen molar-refractivity contribution in [1.29, 1.82) is 0 Å². The predicted molar refractivity (Wildman–Crippen MR) is 76.7 cm³/mol. The first kappa shape index (κ1) is 14.8. The van der Waals surface area contributed by atoms with E-state index in [1.165, 1.54) is 12.3 Å². The Morgan fingerprint density at radius 3 is 3.00 bits per heavy atom. The number of nitrogens with one attached hydrogen (secondary N) is 2. The van der Waals surface area contributed by atoms with Gasteiger partial charge >= 0.3 is 0 Å². The topological polar surface area (TPSA) is 45.7 Å². The molecule has 0 amide bonds. The highest BCUT2D eigenvalue weighted by molar-refractivity contribution is 7.80. The van der Waals surface area contributed by atoms with E-state index >= 15 is 0 Å². The molecule has 4 nitrogen and oxygen atoms in total. The first-order chi connectivity index (χ1) is 9.65. The number of halogens is 2. The normalized spacial score (nSPS) is 18.4. The van der Waals surface area contributed by atoms with Gasteiger partial charge in [0.25, 0.3) is 0 Å². The molecule has 0 saturated carbocycles. The third kappa shape index (κ3) is 4.50. The molecule has 1 heterocycles. The van der Waals surface area contributed by atoms with Gasteiger partial charge < -0.3 is 10.1 Å². The van der Waals surface area contributed by atoms with Crippen molar-refractivity contribution in [3.8, 4) is 0 Å². The molecule has 1 atom stereocenters. The molecule has 1 aromatic carbocycles. The quantitative estimate of drug-likeness (QED) is 0.507. The second-order valence-corrected chi connectivity index (χ2v) is 4.80. The fourth-order valence-electron chi connectivity index (χ4n) is 1.81. The van der Waals surface area contributed by atoms with E-state index in [4.69, 9.17) is 17.0 Å². The summed E-state index contributed by atoms with van der Waals surface area (Å²) < 4.78 is 31.1. The summed E-state index contributed by atoms with van der Waals surface area (Å²) in [5.74, 6) is -1.79. The minimum atomic E-state index is -0.909. The predicted octanol–water partition coefficient (Wildman–Crippen LogP) is 1.94. The number of nitrogens with zero attached hydrogens (tertiary/aromatic N) is 1. The lowest BCUT2D eigenvalue weighted by Gasteiger charge is -2.11. The van der Waals surface area contributed by atoms with Crippen LogP contribution in [-0.4, -0.2) is 30.6 Å². The monoisotopic (exact) mass is 299 g/mol. The van der Waals surface area contributed by atoms with E-state index in [0.717, 1.165) is 31.6 Å². The van der Waals surface area contributed by atoms with Gasteiger partial charge in [0.1, 0.15) is 0 Å². The lowest BCUT2D eigenvalue weighted by atomic mass is 10.2. The molecule has 0 spiro atoms. The summed E-state index contributed by atoms with van der Waals surface area (Å²) in [6.07, 6.45) is 3.64. The average molecular weight is 299 g/mol. The van der Waals surface area contributed by atoms with E-state index in [0.29, 0.717) is 17.2 Å². The minimum Gasteiger partial charge on any atom is -0.376 e. The lowest BCUT2D eigenvalue weighted by molar-refractivity contribution is 0.114. The van der Waals surface area contributed by atoms with Crippen LogP contribution in [0.2, 0.25) is 0 Å². The van der Waals surface area contributed by atoms with Gasteiger partial charge in [0.15, 0.2) is 16.7 Å². The van der Waals surface area contributed by atoms with Gasteiger partial charge in [-0.15, -0.1) is 0 Å². The van der Waals surface area contributed by atoms with E-state index < -0.39 is 11.6 Å². The van der Waals surface area contributed by atoms with Gasteiger partial charge in [-0.3, -0.25) is 5.43 Å². The molecule has 2 rings (SSSR count). The van der Waals surface area contributed by atoms with Crippen molar-refractivity contribution in [3.63, 3.8) is 0 Å². The molecule has 0 aromatic heterocycles. The third-order valence-electron chi connectivity index (χ3n) is 2.84. The summed E-state index contributed by atoms with van der Waals surface area (Å²) in [4.78, 5) is 0. The molecular formula is C13H15F2N3OS. The zero-order chi connectivity index (χ0) is 14.4. The summed E-state index contributed by atoms with van der Waals surface area (Å²) in [6, 6.07) is 3.53. The highest BCUT2D eigenvalue weighted by Crippen LogP contribution is 2.10. The fourth-order valence-corrected chi connectivity index (χ4v) is 1.95. The molecule has 1 aliphatic rings. The number of hydrazone groups is 1. The van der Waals surface area contributed by atoms with Gasteiger partial charge in [-0.05, 0) is 42.8 Å². The van der Waals surface area contributed by atoms with Gasteiger partial charge in [0.05, 0.1) is 12.3 Å². The number of rotatable bonds is 4. The van der Waals surface area contributed by atoms with Crippen molar-refractivity contribution < 1.29 is 13.5 Å². The van der Waals surface area contributed by atoms with Gasteiger partial charge in [-0.1, -0.05) is 6.07 Å². The summed E-state index contributed by atoms with van der Waals surface area (Å²) in [5, 5.41) is 7.19. The average Bonchev–Trinajstić information content (AvgIpc) is 2.94. The van der Waals surface area contributed by atoms with Gasteiger partial charge in [-0.2, -0.15) is 5.10 Å². The Morgan fingerprint density at radius 2 is 2.30 bits per heavy atom. The Balaban J connectivity index is 1.74. The van der Waals surface area contributed by atoms with E-state index in [-0.39, 0.29) is 6.10 Å². The van der Waals surface area contributed by atoms with Crippen LogP contribution in [0.1, 0.15) is 18.4 Å². The number of benzene rings is 1. The number of thiocarbonyl (C=S) groups is 1. The highest BCUT2D eigenvalue weighted by atomic mass is 32.1. The summed E-state index contributed by atoms with van der Waals surface area (Å²) in [5.41, 5.74) is 3.05. The Labute approximate surface area is 121 Å². The smallest absolute Gasteiger partial charge is 0.187 e. The Bertz CT molecular complexity index is 504. The van der Waals surface area contributed by atoms with Crippen LogP contribution >= 0.6 is 12.2 Å². The van der Waals surface area contributed by atoms with Gasteiger partial charge in [-0.25, -0.2) is 8.78 Å². The molecule has 1 saturated heterocycles. The van der Waals surface area contributed by atoms with Crippen LogP contribution < -0.4 is 10.7 Å². The summed E-state index contributed by atoms with van der Waals surface area (Å²) >= 11 is 5.02. The number of ether oxygens (including phenoxy) is 1. The van der Waals surface area contributed by atoms with E-state index in [2.05, 4.69) is 15.8 Å². The molecule has 0 aliphatic carbocycles. The maximum absolute atomic E-state index is 12.9. The Morgan fingerprint density at radius 1 is 1.45 bits per heavy atom. The van der Waals surface area contributed by atoms with Crippen molar-refractivity contribution in [2.75, 3.05) is 13.2 Å². The molecule has 0 unspecified atom stereocenters. The highest BCUT2D eigenvalue weighted by Gasteiger charge is 2.14. The van der Waals surface area contributed by atoms with Crippen molar-refractivity contribution in [3.05, 3.63) is 35.4 Å². The van der Waals surface area contributed by atoms with Crippen molar-refractivity contribution >= 4 is 23.5 Å². The van der Waals surface area contributed by atoms with Crippen LogP contribution in [0.25, 0.3) is 0 Å². The molecule has 1 aromatic rings. The SMILES string of the molecule is Fc1ccc(/C=N\NC(=S)NC[C@H]2CCCO2)cc1F. The molecule has 2 N–H and O–H groups in total. The van der Waals surface area contributed by atoms with Crippen LogP contribution in [0.4, 0.5) is 8.78 Å². The van der Waals surface area contributed by atoms with Crippen molar-refractivity contribution in [2.45, 2.75) is 18.9 Å². The maximum Gasteiger partial charge on any atom is 0.187 e. The summed E-state index contributed by atoms with van der Waals surface area (Å²) in [7, 11) is 0. The van der Waals surface area contributed by atoms with Crippen molar-refractivity contribution in [2.24, 2.45) is 5.10 Å². The van der Waals surface area contributed by atoms with Crippen LogP contribution in [-0.2, 0) is 4.74 Å². The minimum absolute atomic E-state index is 0.185. The van der Waals surface area contributed by atoms with Crippen molar-refractivity contribution in [1.82, 2.24) is 10.7 Å². The molecule has 108 valence electrons. The second-order valence-electron chi connectivity index (χ2n) is 4.39. The van der Waals surface area contributed by atoms with Crippen LogP contribution in [0.5, 0.6) is 0 Å². The largest absolute Gasteiger partial charge is 0.376 e. The first-order valence-corrected chi connectivity index (χ1v) is 6.69. The van der Waals surface area contributed by atoms with E-state index in [9.17, 15) is 8.78 Å². The third-order valence-corrected chi connectivity index (χ3v) is 3.07. The first-order valence-electron chi connectivity index (χ1n) is 6.29. The Kier molecular flexibility index (Phi) is 5.37. The molecule has 0 bridgehead atoms. The number of hydrogen-bond donors (Lipinski definition) is 2. The van der Waals surface area contributed by atoms with E-state index in [1.54, 1.807) is 0 Å². The van der Waals surface area contributed by atoms with Crippen LogP contribution in [0, 0.1) is 11.6 Å². The summed E-state index contributed by atoms with van der Waals surface area (Å²) in [6.45, 7) is 1.42. The lowest BCUT2D eigenvalue weighted by Crippen LogP contribution is -2.37. The van der Waals surface area contributed by atoms with Gasteiger partial charge in [0.2, 0.25) is 0 Å². The standard InChI is InChI=1S/C13H15F2N3OS/c14-11-4-3-9(6-12(11)15)7-17-18-13(20)16-8-10-2-1-5-19-10/h3-4,6-7,10H,1-2,5,8H2,(H2,16,18,20)/b17-7-/t10-/m1/s1. The molecule has 20 heavy (non-hydrogen) atoms. The van der Waals surface area contributed by atoms with Crippen LogP contribution in [0.3, 0.4) is 0 Å². The number of hydrogen-bond acceptors (Lipinski definition) is 3. The van der Waals surface area contributed by atoms with Gasteiger partial charge in [0, 0.05) is 13.2 Å². The molecular weight excluding hydrogens is 284 g/mol. The van der Waals surface area contributed by atoms with E-state index in [1.807, 2.05) is 0 Å². The Hall–Kier alpha value is -1.60. The molecule has 1 aliphatic heterocycles. The molecule has 0 radical (unpaired) electrons. The zero-order valence-electron chi connectivity index (χ0n) is 10.7. The fraction of sp³-hybridized carbons (Fsp3) is 0.385. The van der Waals surface area contributed by atoms with Crippen LogP contribution in [0.15, 0.2) is 23.3 Å². The maximum atomic E-state index is 12.9. The second kappa shape index (κ2) is 7.25. The zero-order valence-corrected chi connectivity index (χ0v) is 11.6. The molecule has 7 heteroatoms.